The molecule has 0 aliphatic heterocycles. The molecule has 0 saturated heterocycles. The molecule has 2 nitrogen and oxygen atoms in total. The van der Waals surface area contributed by atoms with Gasteiger partial charge in [0.1, 0.15) is 0 Å². The van der Waals surface area contributed by atoms with Gasteiger partial charge in [-0.05, 0) is 23.8 Å². The largest absolute Gasteiger partial charge is 0.481 e. The zero-order chi connectivity index (χ0) is 9.14. The quantitative estimate of drug-likeness (QED) is 0.638. The molecular formula is C8H8O2S2. The lowest BCUT2D eigenvalue weighted by molar-refractivity contribution is -0.136. The monoisotopic (exact) mass is 200 g/mol. The molecule has 0 aromatic heterocycles. The third-order valence-electron chi connectivity index (χ3n) is 1.32. The van der Waals surface area contributed by atoms with Crippen LogP contribution < -0.4 is 0 Å². The average molecular weight is 200 g/mol. The number of carboxylic acid groups (broad SMARTS) is 1. The third kappa shape index (κ3) is 2.79. The number of benzene rings is 1. The maximum atomic E-state index is 10.3. The lowest BCUT2D eigenvalue weighted by atomic mass is 10.1. The average Bonchev–Trinajstić information content (AvgIpc) is 1.81. The lowest BCUT2D eigenvalue weighted by Gasteiger charge is -2.00. The van der Waals surface area contributed by atoms with Crippen LogP contribution in [-0.4, -0.2) is 11.1 Å². The first-order valence-electron chi connectivity index (χ1n) is 3.31. The molecule has 0 atom stereocenters. The summed E-state index contributed by atoms with van der Waals surface area (Å²) in [6.45, 7) is 0. The summed E-state index contributed by atoms with van der Waals surface area (Å²) in [5, 5.41) is 8.50. The summed E-state index contributed by atoms with van der Waals surface area (Å²) in [7, 11) is 0. The minimum atomic E-state index is -0.846. The molecule has 64 valence electrons. The Bertz CT molecular complexity index is 290. The molecule has 0 unspecified atom stereocenters. The van der Waals surface area contributed by atoms with Crippen LogP contribution in [0.25, 0.3) is 0 Å². The zero-order valence-corrected chi connectivity index (χ0v) is 7.98. The highest BCUT2D eigenvalue weighted by Crippen LogP contribution is 2.16. The molecule has 0 saturated carbocycles. The van der Waals surface area contributed by atoms with Crippen molar-refractivity contribution in [1.82, 2.24) is 0 Å². The molecular weight excluding hydrogens is 192 g/mol. The standard InChI is InChI=1S/C8H8O2S2/c9-8(10)3-5-1-6(11)4-7(12)2-5/h1-2,4,11-12H,3H2,(H,9,10). The minimum absolute atomic E-state index is 0.0158. The lowest BCUT2D eigenvalue weighted by Crippen LogP contribution is -1.99. The topological polar surface area (TPSA) is 37.3 Å². The van der Waals surface area contributed by atoms with Crippen molar-refractivity contribution in [2.45, 2.75) is 16.2 Å². The Labute approximate surface area is 81.4 Å². The van der Waals surface area contributed by atoms with Gasteiger partial charge in [0, 0.05) is 9.79 Å². The van der Waals surface area contributed by atoms with E-state index >= 15 is 0 Å². The number of hydrogen-bond donors (Lipinski definition) is 3. The van der Waals surface area contributed by atoms with E-state index in [0.717, 1.165) is 15.4 Å². The van der Waals surface area contributed by atoms with E-state index in [4.69, 9.17) is 5.11 Å². The smallest absolute Gasteiger partial charge is 0.307 e. The molecule has 0 aliphatic carbocycles. The Balaban J connectivity index is 2.93. The van der Waals surface area contributed by atoms with Gasteiger partial charge in [-0.1, -0.05) is 0 Å². The van der Waals surface area contributed by atoms with Crippen LogP contribution in [0.2, 0.25) is 0 Å². The van der Waals surface area contributed by atoms with Crippen LogP contribution in [0.3, 0.4) is 0 Å². The highest BCUT2D eigenvalue weighted by atomic mass is 32.1. The Morgan fingerprint density at radius 3 is 2.17 bits per heavy atom. The van der Waals surface area contributed by atoms with Gasteiger partial charge in [0.05, 0.1) is 6.42 Å². The molecule has 0 radical (unpaired) electrons. The van der Waals surface area contributed by atoms with E-state index in [1.807, 2.05) is 0 Å². The van der Waals surface area contributed by atoms with E-state index < -0.39 is 5.97 Å². The molecule has 1 aromatic carbocycles. The predicted octanol–water partition coefficient (Wildman–Crippen LogP) is 1.89. The van der Waals surface area contributed by atoms with E-state index in [2.05, 4.69) is 25.3 Å². The van der Waals surface area contributed by atoms with Crippen molar-refractivity contribution >= 4 is 31.2 Å². The third-order valence-corrected chi connectivity index (χ3v) is 1.83. The first-order valence-corrected chi connectivity index (χ1v) is 4.21. The van der Waals surface area contributed by atoms with Crippen molar-refractivity contribution in [2.24, 2.45) is 0 Å². The van der Waals surface area contributed by atoms with Crippen LogP contribution in [0.15, 0.2) is 28.0 Å². The molecule has 0 bridgehead atoms. The maximum absolute atomic E-state index is 10.3. The van der Waals surface area contributed by atoms with Gasteiger partial charge in [-0.25, -0.2) is 0 Å². The zero-order valence-electron chi connectivity index (χ0n) is 6.19. The Hall–Kier alpha value is -0.610. The molecule has 1 aromatic rings. The van der Waals surface area contributed by atoms with E-state index in [1.165, 1.54) is 0 Å². The van der Waals surface area contributed by atoms with Gasteiger partial charge >= 0.3 is 5.97 Å². The molecule has 12 heavy (non-hydrogen) atoms. The number of hydrogen-bond acceptors (Lipinski definition) is 3. The molecule has 0 heterocycles. The van der Waals surface area contributed by atoms with Gasteiger partial charge in [-0.3, -0.25) is 4.79 Å². The SMILES string of the molecule is O=C(O)Cc1cc(S)cc(S)c1. The van der Waals surface area contributed by atoms with Crippen molar-refractivity contribution < 1.29 is 9.90 Å². The van der Waals surface area contributed by atoms with Crippen LogP contribution in [0.1, 0.15) is 5.56 Å². The van der Waals surface area contributed by atoms with E-state index in [1.54, 1.807) is 18.2 Å². The van der Waals surface area contributed by atoms with Gasteiger partial charge in [-0.15, -0.1) is 25.3 Å². The summed E-state index contributed by atoms with van der Waals surface area (Å²) < 4.78 is 0. The number of thiol groups is 2. The molecule has 1 N–H and O–H groups in total. The molecule has 1 rings (SSSR count). The molecule has 4 heteroatoms. The molecule has 0 fully saturated rings. The highest BCUT2D eigenvalue weighted by Gasteiger charge is 2.01. The van der Waals surface area contributed by atoms with E-state index in [0.29, 0.717) is 0 Å². The van der Waals surface area contributed by atoms with Gasteiger partial charge in [-0.2, -0.15) is 0 Å². The first kappa shape index (κ1) is 9.48. The van der Waals surface area contributed by atoms with Crippen LogP contribution in [0.5, 0.6) is 0 Å². The first-order chi connectivity index (χ1) is 5.58. The van der Waals surface area contributed by atoms with Crippen LogP contribution in [0, 0.1) is 0 Å². The van der Waals surface area contributed by atoms with Gasteiger partial charge in [0.2, 0.25) is 0 Å². The fraction of sp³-hybridized carbons (Fsp3) is 0.125. The second kappa shape index (κ2) is 3.87. The number of carboxylic acids is 1. The maximum Gasteiger partial charge on any atom is 0.307 e. The summed E-state index contributed by atoms with van der Waals surface area (Å²) in [4.78, 5) is 11.8. The normalized spacial score (nSPS) is 9.83. The molecule has 0 spiro atoms. The van der Waals surface area contributed by atoms with Crippen LogP contribution in [-0.2, 0) is 11.2 Å². The minimum Gasteiger partial charge on any atom is -0.481 e. The van der Waals surface area contributed by atoms with Gasteiger partial charge in [0.15, 0.2) is 0 Å². The summed E-state index contributed by atoms with van der Waals surface area (Å²) in [5.41, 5.74) is 0.722. The number of rotatable bonds is 2. The van der Waals surface area contributed by atoms with Crippen molar-refractivity contribution in [3.8, 4) is 0 Å². The van der Waals surface area contributed by atoms with Crippen molar-refractivity contribution in [2.75, 3.05) is 0 Å². The van der Waals surface area contributed by atoms with Gasteiger partial charge < -0.3 is 5.11 Å². The van der Waals surface area contributed by atoms with Gasteiger partial charge in [0.25, 0.3) is 0 Å². The van der Waals surface area contributed by atoms with Crippen molar-refractivity contribution in [3.63, 3.8) is 0 Å². The molecule has 0 amide bonds. The second-order valence-corrected chi connectivity index (χ2v) is 3.46. The summed E-state index contributed by atoms with van der Waals surface area (Å²) >= 11 is 8.21. The Kier molecular flexibility index (Phi) is 3.05. The summed E-state index contributed by atoms with van der Waals surface area (Å²) in [6.07, 6.45) is 0.0158. The fourth-order valence-electron chi connectivity index (χ4n) is 0.933. The van der Waals surface area contributed by atoms with Crippen molar-refractivity contribution in [1.29, 1.82) is 0 Å². The highest BCUT2D eigenvalue weighted by molar-refractivity contribution is 7.81. The summed E-state index contributed by atoms with van der Waals surface area (Å²) in [6, 6.07) is 5.20. The Morgan fingerprint density at radius 2 is 1.75 bits per heavy atom. The predicted molar refractivity (Wildman–Crippen MR) is 52.3 cm³/mol. The number of aliphatic carboxylic acids is 1. The summed E-state index contributed by atoms with van der Waals surface area (Å²) in [5.74, 6) is -0.846. The Morgan fingerprint density at radius 1 is 1.25 bits per heavy atom. The van der Waals surface area contributed by atoms with Crippen molar-refractivity contribution in [3.05, 3.63) is 23.8 Å². The van der Waals surface area contributed by atoms with Crippen LogP contribution >= 0.6 is 25.3 Å². The fourth-order valence-corrected chi connectivity index (χ4v) is 1.64. The van der Waals surface area contributed by atoms with E-state index in [9.17, 15) is 4.79 Å². The van der Waals surface area contributed by atoms with Crippen LogP contribution in [0.4, 0.5) is 0 Å². The second-order valence-electron chi connectivity index (χ2n) is 2.43. The molecule has 0 aliphatic rings. The van der Waals surface area contributed by atoms with E-state index in [-0.39, 0.29) is 6.42 Å². The number of carbonyl (C=O) groups is 1.